The van der Waals surface area contributed by atoms with E-state index in [1.165, 1.54) is 6.33 Å². The van der Waals surface area contributed by atoms with Crippen molar-refractivity contribution in [3.8, 4) is 0 Å². The van der Waals surface area contributed by atoms with Crippen molar-refractivity contribution in [2.24, 2.45) is 12.8 Å². The molecule has 0 spiro atoms. The van der Waals surface area contributed by atoms with Gasteiger partial charge >= 0.3 is 0 Å². The van der Waals surface area contributed by atoms with E-state index in [9.17, 15) is 0 Å². The van der Waals surface area contributed by atoms with Crippen molar-refractivity contribution in [1.29, 1.82) is 0 Å². The second kappa shape index (κ2) is 4.96. The van der Waals surface area contributed by atoms with Crippen LogP contribution in [0.15, 0.2) is 11.5 Å². The number of aromatic nitrogens is 3. The van der Waals surface area contributed by atoms with Crippen LogP contribution in [0.4, 0.5) is 0 Å². The zero-order valence-electron chi connectivity index (χ0n) is 9.34. The Morgan fingerprint density at radius 3 is 2.87 bits per heavy atom. The Bertz CT molecular complexity index is 313. The predicted molar refractivity (Wildman–Crippen MR) is 60.6 cm³/mol. The quantitative estimate of drug-likeness (QED) is 0.716. The monoisotopic (exact) mass is 230 g/mol. The molecule has 1 aromatic heterocycles. The van der Waals surface area contributed by atoms with Crippen LogP contribution in [0.2, 0.25) is 0 Å². The number of thioether (sulfide) groups is 1. The van der Waals surface area contributed by atoms with Gasteiger partial charge in [-0.05, 0) is 13.3 Å². The Labute approximate surface area is 94.1 Å². The highest BCUT2D eigenvalue weighted by Crippen LogP contribution is 2.25. The van der Waals surface area contributed by atoms with Crippen molar-refractivity contribution < 1.29 is 5.11 Å². The average molecular weight is 230 g/mol. The molecule has 1 heterocycles. The van der Waals surface area contributed by atoms with E-state index in [-0.39, 0.29) is 6.61 Å². The van der Waals surface area contributed by atoms with Crippen molar-refractivity contribution in [2.75, 3.05) is 6.61 Å². The molecule has 0 bridgehead atoms. The van der Waals surface area contributed by atoms with E-state index in [4.69, 9.17) is 10.8 Å². The van der Waals surface area contributed by atoms with E-state index in [0.29, 0.717) is 5.25 Å². The third-order valence-corrected chi connectivity index (χ3v) is 3.24. The zero-order chi connectivity index (χ0) is 11.5. The molecule has 86 valence electrons. The summed E-state index contributed by atoms with van der Waals surface area (Å²) in [6.45, 7) is 3.91. The van der Waals surface area contributed by atoms with Gasteiger partial charge in [0.15, 0.2) is 5.16 Å². The summed E-state index contributed by atoms with van der Waals surface area (Å²) in [5, 5.41) is 14.2. The summed E-state index contributed by atoms with van der Waals surface area (Å²) >= 11 is 1.62. The molecular formula is C9H18N4OS. The van der Waals surface area contributed by atoms with Gasteiger partial charge in [0.25, 0.3) is 0 Å². The molecule has 1 rings (SSSR count). The lowest BCUT2D eigenvalue weighted by molar-refractivity contribution is 0.201. The van der Waals surface area contributed by atoms with Crippen LogP contribution in [-0.4, -0.2) is 37.3 Å². The number of hydrogen-bond donors (Lipinski definition) is 2. The number of aryl methyl sites for hydroxylation is 1. The number of rotatable bonds is 5. The molecule has 2 unspecified atom stereocenters. The van der Waals surface area contributed by atoms with Crippen molar-refractivity contribution in [3.05, 3.63) is 6.33 Å². The van der Waals surface area contributed by atoms with Gasteiger partial charge in [-0.15, -0.1) is 0 Å². The van der Waals surface area contributed by atoms with E-state index in [0.717, 1.165) is 11.6 Å². The molecule has 0 aliphatic heterocycles. The number of aliphatic hydroxyl groups excluding tert-OH is 1. The van der Waals surface area contributed by atoms with Crippen LogP contribution in [0.5, 0.6) is 0 Å². The summed E-state index contributed by atoms with van der Waals surface area (Å²) in [7, 11) is 1.86. The molecule has 2 atom stereocenters. The second-order valence-corrected chi connectivity index (χ2v) is 5.52. The first-order chi connectivity index (χ1) is 6.94. The first-order valence-corrected chi connectivity index (χ1v) is 5.73. The van der Waals surface area contributed by atoms with Crippen LogP contribution >= 0.6 is 11.8 Å². The van der Waals surface area contributed by atoms with Gasteiger partial charge in [-0.25, -0.2) is 9.67 Å². The van der Waals surface area contributed by atoms with E-state index in [1.807, 2.05) is 14.0 Å². The number of nitrogens with two attached hydrogens (primary N) is 1. The maximum absolute atomic E-state index is 9.06. The zero-order valence-corrected chi connectivity index (χ0v) is 10.2. The van der Waals surface area contributed by atoms with Crippen molar-refractivity contribution in [2.45, 2.75) is 36.2 Å². The van der Waals surface area contributed by atoms with E-state index in [1.54, 1.807) is 16.4 Å². The Morgan fingerprint density at radius 2 is 2.40 bits per heavy atom. The van der Waals surface area contributed by atoms with Crippen molar-refractivity contribution in [3.63, 3.8) is 0 Å². The third kappa shape index (κ3) is 3.81. The molecular weight excluding hydrogens is 212 g/mol. The summed E-state index contributed by atoms with van der Waals surface area (Å²) in [5.41, 5.74) is 5.35. The Morgan fingerprint density at radius 1 is 1.73 bits per heavy atom. The summed E-state index contributed by atoms with van der Waals surface area (Å²) in [4.78, 5) is 4.12. The standard InChI is InChI=1S/C9H18N4OS/c1-7(4-9(2,10)5-14)15-8-11-6-12-13(8)3/h6-7,14H,4-5,10H2,1-3H3. The highest BCUT2D eigenvalue weighted by molar-refractivity contribution is 7.99. The van der Waals surface area contributed by atoms with Gasteiger partial charge in [-0.1, -0.05) is 18.7 Å². The van der Waals surface area contributed by atoms with Crippen LogP contribution in [0.1, 0.15) is 20.3 Å². The number of hydrogen-bond acceptors (Lipinski definition) is 5. The fourth-order valence-electron chi connectivity index (χ4n) is 1.34. The molecule has 0 aliphatic rings. The Kier molecular flexibility index (Phi) is 4.12. The first kappa shape index (κ1) is 12.5. The van der Waals surface area contributed by atoms with Crippen LogP contribution < -0.4 is 5.73 Å². The largest absolute Gasteiger partial charge is 0.394 e. The molecule has 0 amide bonds. The minimum atomic E-state index is -0.523. The molecule has 3 N–H and O–H groups in total. The molecule has 0 fully saturated rings. The van der Waals surface area contributed by atoms with Gasteiger partial charge in [-0.3, -0.25) is 0 Å². The first-order valence-electron chi connectivity index (χ1n) is 4.85. The summed E-state index contributed by atoms with van der Waals surface area (Å²) in [6, 6.07) is 0. The Hall–Kier alpha value is -0.590. The van der Waals surface area contributed by atoms with Gasteiger partial charge in [0.05, 0.1) is 6.61 Å². The molecule has 6 heteroatoms. The smallest absolute Gasteiger partial charge is 0.186 e. The topological polar surface area (TPSA) is 77.0 Å². The fourth-order valence-corrected chi connectivity index (χ4v) is 2.47. The minimum Gasteiger partial charge on any atom is -0.394 e. The van der Waals surface area contributed by atoms with Gasteiger partial charge in [0.1, 0.15) is 6.33 Å². The molecule has 0 saturated heterocycles. The average Bonchev–Trinajstić information content (AvgIpc) is 2.51. The van der Waals surface area contributed by atoms with E-state index in [2.05, 4.69) is 17.0 Å². The molecule has 5 nitrogen and oxygen atoms in total. The molecule has 0 radical (unpaired) electrons. The van der Waals surface area contributed by atoms with Gasteiger partial charge < -0.3 is 10.8 Å². The minimum absolute atomic E-state index is 0.00326. The van der Waals surface area contributed by atoms with Crippen molar-refractivity contribution in [1.82, 2.24) is 14.8 Å². The van der Waals surface area contributed by atoms with Crippen molar-refractivity contribution >= 4 is 11.8 Å². The Balaban J connectivity index is 2.50. The lowest BCUT2D eigenvalue weighted by Crippen LogP contribution is -2.42. The predicted octanol–water partition coefficient (Wildman–Crippen LogP) is 0.395. The maximum Gasteiger partial charge on any atom is 0.186 e. The van der Waals surface area contributed by atoms with E-state index >= 15 is 0 Å². The fraction of sp³-hybridized carbons (Fsp3) is 0.778. The van der Waals surface area contributed by atoms with Gasteiger partial charge in [-0.2, -0.15) is 5.10 Å². The van der Waals surface area contributed by atoms with Crippen LogP contribution in [0, 0.1) is 0 Å². The molecule has 15 heavy (non-hydrogen) atoms. The van der Waals surface area contributed by atoms with Crippen LogP contribution in [0.25, 0.3) is 0 Å². The summed E-state index contributed by atoms with van der Waals surface area (Å²) in [5.74, 6) is 0. The SMILES string of the molecule is CC(CC(C)(N)CO)Sc1ncnn1C. The highest BCUT2D eigenvalue weighted by Gasteiger charge is 2.22. The molecule has 0 aromatic carbocycles. The molecule has 1 aromatic rings. The van der Waals surface area contributed by atoms with Crippen LogP contribution in [-0.2, 0) is 7.05 Å². The number of aliphatic hydroxyl groups is 1. The third-order valence-electron chi connectivity index (χ3n) is 2.09. The van der Waals surface area contributed by atoms with E-state index < -0.39 is 5.54 Å². The summed E-state index contributed by atoms with van der Waals surface area (Å²) < 4.78 is 1.73. The number of nitrogens with zero attached hydrogens (tertiary/aromatic N) is 3. The lowest BCUT2D eigenvalue weighted by atomic mass is 9.99. The maximum atomic E-state index is 9.06. The lowest BCUT2D eigenvalue weighted by Gasteiger charge is -2.24. The normalized spacial score (nSPS) is 17.4. The molecule has 0 saturated carbocycles. The van der Waals surface area contributed by atoms with Gasteiger partial charge in [0, 0.05) is 17.8 Å². The second-order valence-electron chi connectivity index (χ2n) is 4.11. The summed E-state index contributed by atoms with van der Waals surface area (Å²) in [6.07, 6.45) is 2.27. The molecule has 0 aliphatic carbocycles. The van der Waals surface area contributed by atoms with Crippen LogP contribution in [0.3, 0.4) is 0 Å². The van der Waals surface area contributed by atoms with Gasteiger partial charge in [0.2, 0.25) is 0 Å². The highest BCUT2D eigenvalue weighted by atomic mass is 32.2.